The zero-order valence-electron chi connectivity index (χ0n) is 13.6. The predicted molar refractivity (Wildman–Crippen MR) is 88.4 cm³/mol. The smallest absolute Gasteiger partial charge is 1.00 e. The van der Waals surface area contributed by atoms with Gasteiger partial charge in [-0.05, 0) is 6.42 Å². The van der Waals surface area contributed by atoms with Crippen LogP contribution in [0, 0.1) is 6.07 Å². The van der Waals surface area contributed by atoms with Gasteiger partial charge in [0.2, 0.25) is 0 Å². The van der Waals surface area contributed by atoms with Crippen molar-refractivity contribution in [3.63, 3.8) is 0 Å². The van der Waals surface area contributed by atoms with E-state index in [1.807, 2.05) is 24.3 Å². The topological polar surface area (TPSA) is 9.23 Å². The fourth-order valence-electron chi connectivity index (χ4n) is 2.25. The van der Waals surface area contributed by atoms with Crippen molar-refractivity contribution in [1.82, 2.24) is 0 Å². The van der Waals surface area contributed by atoms with E-state index in [4.69, 9.17) is 4.74 Å². The van der Waals surface area contributed by atoms with Crippen LogP contribution >= 0.6 is 0 Å². The summed E-state index contributed by atoms with van der Waals surface area (Å²) in [6.07, 6.45) is 13.7. The average Bonchev–Trinajstić information content (AvgIpc) is 2.46. The minimum Gasteiger partial charge on any atom is -1.00 e. The Morgan fingerprint density at radius 1 is 0.810 bits per heavy atom. The van der Waals surface area contributed by atoms with Gasteiger partial charge >= 0.3 is 23.1 Å². The average molecular weight is 366 g/mol. The van der Waals surface area contributed by atoms with Crippen molar-refractivity contribution in [1.29, 1.82) is 0 Å². The van der Waals surface area contributed by atoms with Gasteiger partial charge in [0.05, 0.1) is 6.61 Å². The number of rotatable bonds is 12. The van der Waals surface area contributed by atoms with Gasteiger partial charge in [-0.3, -0.25) is 0 Å². The molecule has 0 saturated heterocycles. The van der Waals surface area contributed by atoms with Gasteiger partial charge in [-0.15, -0.1) is 12.1 Å². The van der Waals surface area contributed by atoms with E-state index < -0.39 is 0 Å². The van der Waals surface area contributed by atoms with Crippen molar-refractivity contribution >= 4 is 23.1 Å². The van der Waals surface area contributed by atoms with Crippen molar-refractivity contribution in [2.75, 3.05) is 6.61 Å². The van der Waals surface area contributed by atoms with Gasteiger partial charge in [0.25, 0.3) is 0 Å². The quantitative estimate of drug-likeness (QED) is 0.314. The number of ether oxygens (including phenoxy) is 1. The number of hydrogen-bond acceptors (Lipinski definition) is 1. The Hall–Kier alpha value is 0.266. The first-order valence-electron chi connectivity index (χ1n) is 8.02. The van der Waals surface area contributed by atoms with Crippen LogP contribution in [0.3, 0.4) is 0 Å². The van der Waals surface area contributed by atoms with E-state index in [0.717, 1.165) is 12.4 Å². The van der Waals surface area contributed by atoms with Crippen LogP contribution in [0.15, 0.2) is 24.3 Å². The van der Waals surface area contributed by atoms with E-state index in [9.17, 15) is 0 Å². The van der Waals surface area contributed by atoms with Crippen LogP contribution < -0.4 is 21.7 Å². The monoisotopic (exact) mass is 364 g/mol. The Morgan fingerprint density at radius 2 is 1.29 bits per heavy atom. The van der Waals surface area contributed by atoms with E-state index >= 15 is 0 Å². The van der Waals surface area contributed by atoms with Crippen LogP contribution in [0.5, 0.6) is 5.75 Å². The molecule has 0 saturated carbocycles. The molecule has 1 nitrogen and oxygen atoms in total. The minimum atomic E-state index is 0. The molecule has 0 radical (unpaired) electrons. The molecule has 1 aromatic carbocycles. The zero-order chi connectivity index (χ0) is 13.6. The maximum atomic E-state index is 5.66. The molecule has 0 unspecified atom stereocenters. The summed E-state index contributed by atoms with van der Waals surface area (Å²) in [5, 5.41) is 0. The van der Waals surface area contributed by atoms with E-state index in [1.54, 1.807) is 0 Å². The summed E-state index contributed by atoms with van der Waals surface area (Å²) < 4.78 is 5.66. The Labute approximate surface area is 158 Å². The van der Waals surface area contributed by atoms with E-state index in [1.165, 1.54) is 64.2 Å². The van der Waals surface area contributed by atoms with Crippen LogP contribution in [0.25, 0.3) is 0 Å². The molecule has 0 spiro atoms. The van der Waals surface area contributed by atoms with Crippen molar-refractivity contribution in [2.24, 2.45) is 0 Å². The first-order chi connectivity index (χ1) is 9.43. The fraction of sp³-hybridized carbons (Fsp3) is 0.667. The molecule has 1 rings (SSSR count). The molecule has 0 amide bonds. The maximum absolute atomic E-state index is 5.66. The summed E-state index contributed by atoms with van der Waals surface area (Å²) in [6, 6.07) is 10.7. The first-order valence-corrected chi connectivity index (χ1v) is 8.02. The number of halogens is 1. The molecule has 0 fully saturated rings. The third-order valence-corrected chi connectivity index (χ3v) is 3.45. The van der Waals surface area contributed by atoms with Crippen molar-refractivity contribution in [3.05, 3.63) is 30.3 Å². The van der Waals surface area contributed by atoms with Gasteiger partial charge in [0.1, 0.15) is 0 Å². The molecular formula is C18H29BrMgO. The molecule has 116 valence electrons. The number of benzene rings is 1. The molecular weight excluding hydrogens is 336 g/mol. The second kappa shape index (κ2) is 18.3. The Kier molecular flexibility index (Phi) is 20.5. The van der Waals surface area contributed by atoms with Gasteiger partial charge in [0.15, 0.2) is 0 Å². The summed E-state index contributed by atoms with van der Waals surface area (Å²) >= 11 is 0. The van der Waals surface area contributed by atoms with Crippen molar-refractivity contribution in [2.45, 2.75) is 71.1 Å². The van der Waals surface area contributed by atoms with E-state index in [0.29, 0.717) is 0 Å². The van der Waals surface area contributed by atoms with Crippen LogP contribution in [0.4, 0.5) is 0 Å². The largest absolute Gasteiger partial charge is 2.00 e. The summed E-state index contributed by atoms with van der Waals surface area (Å²) in [4.78, 5) is 0. The summed E-state index contributed by atoms with van der Waals surface area (Å²) in [6.45, 7) is 3.12. The van der Waals surface area contributed by atoms with Crippen LogP contribution in [0.2, 0.25) is 0 Å². The standard InChI is InChI=1S/C18H29O.BrH.Mg/c1-2-3-4-5-6-7-8-9-10-14-17-19-18-15-12-11-13-16-18;;/h12-13,15-16H,2-10,14,17H2,1H3;1H;/q-1;;+2/p-1. The Morgan fingerprint density at radius 3 is 1.81 bits per heavy atom. The molecule has 0 bridgehead atoms. The zero-order valence-corrected chi connectivity index (χ0v) is 16.6. The second-order valence-corrected chi connectivity index (χ2v) is 5.27. The van der Waals surface area contributed by atoms with Gasteiger partial charge in [-0.2, -0.15) is 18.2 Å². The predicted octanol–water partition coefficient (Wildman–Crippen LogP) is 2.41. The van der Waals surface area contributed by atoms with Crippen LogP contribution in [-0.2, 0) is 0 Å². The summed E-state index contributed by atoms with van der Waals surface area (Å²) in [5.41, 5.74) is 0. The van der Waals surface area contributed by atoms with Crippen molar-refractivity contribution in [3.8, 4) is 5.75 Å². The molecule has 0 aromatic heterocycles. The molecule has 0 N–H and O–H groups in total. The summed E-state index contributed by atoms with van der Waals surface area (Å²) in [7, 11) is 0. The fourth-order valence-corrected chi connectivity index (χ4v) is 2.25. The molecule has 0 aliphatic rings. The second-order valence-electron chi connectivity index (χ2n) is 5.27. The molecule has 21 heavy (non-hydrogen) atoms. The Bertz CT molecular complexity index is 293. The SMILES string of the molecule is CCCCCCCCCCCCOc1cc[c-]cc1.[Br-].[Mg+2]. The van der Waals surface area contributed by atoms with Crippen molar-refractivity contribution < 1.29 is 21.7 Å². The molecule has 0 atom stereocenters. The molecule has 0 aliphatic heterocycles. The van der Waals surface area contributed by atoms with Gasteiger partial charge < -0.3 is 21.7 Å². The third-order valence-electron chi connectivity index (χ3n) is 3.45. The normalized spacial score (nSPS) is 9.57. The third kappa shape index (κ3) is 15.0. The van der Waals surface area contributed by atoms with Gasteiger partial charge in [-0.1, -0.05) is 64.7 Å². The van der Waals surface area contributed by atoms with Crippen LogP contribution in [0.1, 0.15) is 71.1 Å². The number of hydrogen-bond donors (Lipinski definition) is 0. The van der Waals surface area contributed by atoms with Gasteiger partial charge in [-0.25, -0.2) is 0 Å². The minimum absolute atomic E-state index is 0. The number of unbranched alkanes of at least 4 members (excludes halogenated alkanes) is 9. The summed E-state index contributed by atoms with van der Waals surface area (Å²) in [5.74, 6) is 0.967. The van der Waals surface area contributed by atoms with E-state index in [-0.39, 0.29) is 40.0 Å². The Balaban J connectivity index is 0. The molecule has 3 heteroatoms. The maximum Gasteiger partial charge on any atom is 2.00 e. The molecule has 0 aliphatic carbocycles. The first kappa shape index (κ1) is 23.5. The van der Waals surface area contributed by atoms with Gasteiger partial charge in [0, 0.05) is 5.75 Å². The molecule has 1 aromatic rings. The molecule has 0 heterocycles. The van der Waals surface area contributed by atoms with E-state index in [2.05, 4.69) is 13.0 Å². The van der Waals surface area contributed by atoms with Crippen LogP contribution in [-0.4, -0.2) is 29.7 Å².